The van der Waals surface area contributed by atoms with Gasteiger partial charge in [0.1, 0.15) is 6.61 Å². The summed E-state index contributed by atoms with van der Waals surface area (Å²) in [6.45, 7) is 7.75. The number of benzene rings is 1. The summed E-state index contributed by atoms with van der Waals surface area (Å²) in [5.74, 6) is -0.119. The van der Waals surface area contributed by atoms with Gasteiger partial charge in [-0.2, -0.15) is 0 Å². The molecule has 0 saturated heterocycles. The van der Waals surface area contributed by atoms with E-state index >= 15 is 0 Å². The van der Waals surface area contributed by atoms with E-state index in [9.17, 15) is 4.39 Å². The zero-order valence-corrected chi connectivity index (χ0v) is 10.8. The lowest BCUT2D eigenvalue weighted by atomic mass is 10.3. The van der Waals surface area contributed by atoms with E-state index in [0.717, 1.165) is 12.1 Å². The first-order valence-corrected chi connectivity index (χ1v) is 5.88. The highest BCUT2D eigenvalue weighted by atomic mass is 79.9. The van der Waals surface area contributed by atoms with Crippen molar-refractivity contribution in [3.8, 4) is 5.75 Å². The van der Waals surface area contributed by atoms with Crippen LogP contribution in [0, 0.1) is 5.82 Å². The summed E-state index contributed by atoms with van der Waals surface area (Å²) >= 11 is 3.19. The fourth-order valence-corrected chi connectivity index (χ4v) is 1.46. The smallest absolute Gasteiger partial charge is 0.166 e. The molecular formula is C12H15BrFNO. The maximum absolute atomic E-state index is 13.4. The minimum Gasteiger partial charge on any atom is -0.486 e. The molecule has 0 saturated carbocycles. The maximum atomic E-state index is 13.4. The second-order valence-corrected chi connectivity index (χ2v) is 4.31. The van der Waals surface area contributed by atoms with Crippen molar-refractivity contribution >= 4 is 15.9 Å². The summed E-state index contributed by atoms with van der Waals surface area (Å²) in [6.07, 6.45) is 0. The third-order valence-corrected chi connectivity index (χ3v) is 2.44. The fourth-order valence-electron chi connectivity index (χ4n) is 1.12. The Morgan fingerprint density at radius 1 is 1.56 bits per heavy atom. The Kier molecular flexibility index (Phi) is 5.49. The average molecular weight is 288 g/mol. The number of halogens is 2. The molecule has 0 fully saturated rings. The number of ether oxygens (including phenoxy) is 1. The molecule has 0 aliphatic rings. The number of nitrogens with one attached hydrogen (secondary N) is 1. The van der Waals surface area contributed by atoms with Gasteiger partial charge in [0.15, 0.2) is 11.6 Å². The normalized spacial score (nSPS) is 10.2. The summed E-state index contributed by atoms with van der Waals surface area (Å²) in [7, 11) is 0. The van der Waals surface area contributed by atoms with Crippen LogP contribution in [0.2, 0.25) is 0 Å². The van der Waals surface area contributed by atoms with Gasteiger partial charge in [-0.25, -0.2) is 4.39 Å². The Morgan fingerprint density at radius 2 is 2.31 bits per heavy atom. The van der Waals surface area contributed by atoms with Crippen LogP contribution in [0.5, 0.6) is 5.75 Å². The van der Waals surface area contributed by atoms with Crippen molar-refractivity contribution in [3.63, 3.8) is 0 Å². The SMILES string of the molecule is C=C(CNCC)COc1ccc(Br)cc1F. The number of hydrogen-bond acceptors (Lipinski definition) is 2. The van der Waals surface area contributed by atoms with Gasteiger partial charge >= 0.3 is 0 Å². The van der Waals surface area contributed by atoms with E-state index in [1.54, 1.807) is 12.1 Å². The number of likely N-dealkylation sites (N-methyl/N-ethyl adjacent to an activating group) is 1. The van der Waals surface area contributed by atoms with Crippen LogP contribution in [-0.2, 0) is 0 Å². The summed E-state index contributed by atoms with van der Waals surface area (Å²) in [5.41, 5.74) is 0.893. The van der Waals surface area contributed by atoms with Crippen molar-refractivity contribution in [2.24, 2.45) is 0 Å². The lowest BCUT2D eigenvalue weighted by Crippen LogP contribution is -2.19. The summed E-state index contributed by atoms with van der Waals surface area (Å²) in [6, 6.07) is 4.72. The van der Waals surface area contributed by atoms with Crippen LogP contribution in [0.25, 0.3) is 0 Å². The molecule has 0 aliphatic heterocycles. The van der Waals surface area contributed by atoms with E-state index < -0.39 is 0 Å². The quantitative estimate of drug-likeness (QED) is 0.812. The van der Waals surface area contributed by atoms with E-state index in [0.29, 0.717) is 17.6 Å². The van der Waals surface area contributed by atoms with Crippen molar-refractivity contribution in [1.82, 2.24) is 5.32 Å². The van der Waals surface area contributed by atoms with E-state index in [-0.39, 0.29) is 11.6 Å². The molecule has 1 aromatic carbocycles. The molecule has 0 unspecified atom stereocenters. The molecule has 88 valence electrons. The molecule has 0 bridgehead atoms. The van der Waals surface area contributed by atoms with Crippen molar-refractivity contribution < 1.29 is 9.13 Å². The van der Waals surface area contributed by atoms with Crippen LogP contribution >= 0.6 is 15.9 Å². The molecule has 4 heteroatoms. The van der Waals surface area contributed by atoms with Gasteiger partial charge in [0, 0.05) is 11.0 Å². The van der Waals surface area contributed by atoms with Crippen LogP contribution in [0.4, 0.5) is 4.39 Å². The molecule has 0 spiro atoms. The van der Waals surface area contributed by atoms with Gasteiger partial charge in [-0.1, -0.05) is 29.4 Å². The van der Waals surface area contributed by atoms with Crippen molar-refractivity contribution in [1.29, 1.82) is 0 Å². The van der Waals surface area contributed by atoms with Gasteiger partial charge in [-0.05, 0) is 30.3 Å². The van der Waals surface area contributed by atoms with Crippen molar-refractivity contribution in [2.45, 2.75) is 6.92 Å². The fraction of sp³-hybridized carbons (Fsp3) is 0.333. The van der Waals surface area contributed by atoms with Crippen LogP contribution in [0.1, 0.15) is 6.92 Å². The Hall–Kier alpha value is -0.870. The standard InChI is InChI=1S/C12H15BrFNO/c1-3-15-7-9(2)8-16-12-5-4-10(13)6-11(12)14/h4-6,15H,2-3,7-8H2,1H3. The predicted molar refractivity (Wildman–Crippen MR) is 67.3 cm³/mol. The highest BCUT2D eigenvalue weighted by Crippen LogP contribution is 2.21. The van der Waals surface area contributed by atoms with Crippen molar-refractivity contribution in [3.05, 3.63) is 40.6 Å². The molecular weight excluding hydrogens is 273 g/mol. The molecule has 0 amide bonds. The largest absolute Gasteiger partial charge is 0.486 e. The zero-order valence-electron chi connectivity index (χ0n) is 9.22. The van der Waals surface area contributed by atoms with Gasteiger partial charge in [0.25, 0.3) is 0 Å². The molecule has 2 nitrogen and oxygen atoms in total. The Bertz CT molecular complexity index is 368. The van der Waals surface area contributed by atoms with E-state index in [1.165, 1.54) is 6.07 Å². The molecule has 0 heterocycles. The van der Waals surface area contributed by atoms with Gasteiger partial charge in [-0.3, -0.25) is 0 Å². The highest BCUT2D eigenvalue weighted by molar-refractivity contribution is 9.10. The minimum atomic E-state index is -0.370. The molecule has 1 N–H and O–H groups in total. The van der Waals surface area contributed by atoms with E-state index in [1.807, 2.05) is 6.92 Å². The second kappa shape index (κ2) is 6.66. The number of hydrogen-bond donors (Lipinski definition) is 1. The Morgan fingerprint density at radius 3 is 2.94 bits per heavy atom. The predicted octanol–water partition coefficient (Wildman–Crippen LogP) is 3.13. The van der Waals surface area contributed by atoms with Crippen LogP contribution in [0.3, 0.4) is 0 Å². The molecule has 16 heavy (non-hydrogen) atoms. The second-order valence-electron chi connectivity index (χ2n) is 3.39. The first kappa shape index (κ1) is 13.2. The van der Waals surface area contributed by atoms with Gasteiger partial charge in [0.05, 0.1) is 0 Å². The molecule has 0 aromatic heterocycles. The lowest BCUT2D eigenvalue weighted by molar-refractivity contribution is 0.329. The van der Waals surface area contributed by atoms with Gasteiger partial charge in [0.2, 0.25) is 0 Å². The third kappa shape index (κ3) is 4.33. The first-order valence-electron chi connectivity index (χ1n) is 5.08. The molecule has 0 aliphatic carbocycles. The average Bonchev–Trinajstić information content (AvgIpc) is 2.25. The highest BCUT2D eigenvalue weighted by Gasteiger charge is 2.04. The van der Waals surface area contributed by atoms with E-state index in [4.69, 9.17) is 4.74 Å². The van der Waals surface area contributed by atoms with Crippen LogP contribution in [-0.4, -0.2) is 19.7 Å². The Balaban J connectivity index is 2.45. The van der Waals surface area contributed by atoms with Crippen molar-refractivity contribution in [2.75, 3.05) is 19.7 Å². The monoisotopic (exact) mass is 287 g/mol. The molecule has 0 radical (unpaired) electrons. The summed E-state index contributed by atoms with van der Waals surface area (Å²) in [5, 5.41) is 3.13. The van der Waals surface area contributed by atoms with Crippen LogP contribution in [0.15, 0.2) is 34.8 Å². The Labute approximate surface area is 104 Å². The first-order chi connectivity index (χ1) is 7.63. The van der Waals surface area contributed by atoms with Gasteiger partial charge < -0.3 is 10.1 Å². The topological polar surface area (TPSA) is 21.3 Å². The summed E-state index contributed by atoms with van der Waals surface area (Å²) in [4.78, 5) is 0. The zero-order chi connectivity index (χ0) is 12.0. The number of rotatable bonds is 6. The maximum Gasteiger partial charge on any atom is 0.166 e. The molecule has 1 rings (SSSR count). The molecule has 0 atom stereocenters. The van der Waals surface area contributed by atoms with Crippen LogP contribution < -0.4 is 10.1 Å². The summed E-state index contributed by atoms with van der Waals surface area (Å²) < 4.78 is 19.4. The molecule has 1 aromatic rings. The minimum absolute atomic E-state index is 0.251. The third-order valence-electron chi connectivity index (χ3n) is 1.95. The van der Waals surface area contributed by atoms with E-state index in [2.05, 4.69) is 27.8 Å². The van der Waals surface area contributed by atoms with Gasteiger partial charge in [-0.15, -0.1) is 0 Å². The lowest BCUT2D eigenvalue weighted by Gasteiger charge is -2.09.